The van der Waals surface area contributed by atoms with Gasteiger partial charge in [-0.05, 0) is 6.07 Å². The quantitative estimate of drug-likeness (QED) is 0.726. The first-order valence-electron chi connectivity index (χ1n) is 2.30. The molecule has 0 fully saturated rings. The first kappa shape index (κ1) is 6.60. The molecule has 0 aliphatic heterocycles. The van der Waals surface area contributed by atoms with Crippen molar-refractivity contribution in [1.82, 2.24) is 10.2 Å². The summed E-state index contributed by atoms with van der Waals surface area (Å²) in [6.07, 6.45) is 1.58. The molecule has 0 bridgehead atoms. The standard InChI is InChI=1S/C5H6IN3/c1-6-5-4(7)2-3-8-9-5/h2-3H,1H2,(H2,7,8). The molecular formula is C5H6IN3. The molecule has 1 heterocycles. The highest BCUT2D eigenvalue weighted by atomic mass is 127. The molecule has 0 aliphatic carbocycles. The Morgan fingerprint density at radius 2 is 2.44 bits per heavy atom. The lowest BCUT2D eigenvalue weighted by Crippen LogP contribution is -1.93. The van der Waals surface area contributed by atoms with Crippen molar-refractivity contribution in [2.24, 2.45) is 0 Å². The van der Waals surface area contributed by atoms with Gasteiger partial charge in [0.1, 0.15) is 3.70 Å². The third kappa shape index (κ3) is 1.44. The van der Waals surface area contributed by atoms with Crippen molar-refractivity contribution in [2.45, 2.75) is 0 Å². The van der Waals surface area contributed by atoms with E-state index in [-0.39, 0.29) is 20.7 Å². The smallest absolute Gasteiger partial charge is 0.140 e. The molecule has 0 spiro atoms. The van der Waals surface area contributed by atoms with E-state index in [4.69, 9.17) is 5.73 Å². The Hall–Kier alpha value is -0.520. The maximum absolute atomic E-state index is 5.52. The van der Waals surface area contributed by atoms with E-state index in [9.17, 15) is 0 Å². The highest BCUT2D eigenvalue weighted by Crippen LogP contribution is 2.11. The van der Waals surface area contributed by atoms with Gasteiger partial charge in [-0.15, -0.1) is 5.10 Å². The van der Waals surface area contributed by atoms with Crippen LogP contribution in [0.15, 0.2) is 12.3 Å². The SMILES string of the molecule is C=Ic1nnccc1N. The molecular weight excluding hydrogens is 229 g/mol. The summed E-state index contributed by atoms with van der Waals surface area (Å²) in [7, 11) is 0. The molecule has 0 amide bonds. The topological polar surface area (TPSA) is 51.8 Å². The van der Waals surface area contributed by atoms with Gasteiger partial charge in [0, 0.05) is 0 Å². The number of hydrogen-bond acceptors (Lipinski definition) is 3. The summed E-state index contributed by atoms with van der Waals surface area (Å²) in [4.78, 5) is 0. The summed E-state index contributed by atoms with van der Waals surface area (Å²) < 4.78 is 4.62. The highest BCUT2D eigenvalue weighted by Gasteiger charge is 1.91. The number of nitrogens with two attached hydrogens (primary N) is 1. The van der Waals surface area contributed by atoms with E-state index >= 15 is 0 Å². The van der Waals surface area contributed by atoms with Crippen molar-refractivity contribution in [3.63, 3.8) is 0 Å². The molecule has 48 valence electrons. The highest BCUT2D eigenvalue weighted by molar-refractivity contribution is 14.2. The Labute approximate surface area is 63.0 Å². The minimum Gasteiger partial charge on any atom is -0.397 e. The minimum absolute atomic E-state index is 0.261. The van der Waals surface area contributed by atoms with Crippen LogP contribution in [0.3, 0.4) is 0 Å². The number of nitrogens with zero attached hydrogens (tertiary/aromatic N) is 2. The van der Waals surface area contributed by atoms with Crippen LogP contribution in [0.25, 0.3) is 0 Å². The molecule has 0 aliphatic rings. The van der Waals surface area contributed by atoms with Gasteiger partial charge in [-0.3, -0.25) is 0 Å². The van der Waals surface area contributed by atoms with Gasteiger partial charge >= 0.3 is 0 Å². The van der Waals surface area contributed by atoms with Crippen molar-refractivity contribution in [1.29, 1.82) is 0 Å². The third-order valence-corrected chi connectivity index (χ3v) is 2.39. The number of aromatic nitrogens is 2. The number of anilines is 1. The fraction of sp³-hybridized carbons (Fsp3) is 0. The fourth-order valence-corrected chi connectivity index (χ4v) is 1.33. The molecule has 1 rings (SSSR count). The molecule has 4 heteroatoms. The number of nitrogen functional groups attached to an aromatic ring is 1. The van der Waals surface area contributed by atoms with Gasteiger partial charge in [0.15, 0.2) is 0 Å². The van der Waals surface area contributed by atoms with Crippen LogP contribution in [0.1, 0.15) is 0 Å². The number of halogens is 1. The van der Waals surface area contributed by atoms with Crippen LogP contribution >= 0.6 is 20.7 Å². The summed E-state index contributed by atoms with van der Waals surface area (Å²) in [5.74, 6) is 0. The van der Waals surface area contributed by atoms with Crippen molar-refractivity contribution < 1.29 is 0 Å². The van der Waals surface area contributed by atoms with E-state index in [2.05, 4.69) is 14.7 Å². The second-order valence-electron chi connectivity index (χ2n) is 1.41. The van der Waals surface area contributed by atoms with Gasteiger partial charge < -0.3 is 5.73 Å². The Kier molecular flexibility index (Phi) is 2.10. The maximum Gasteiger partial charge on any atom is 0.140 e. The van der Waals surface area contributed by atoms with Gasteiger partial charge in [-0.2, -0.15) is 5.10 Å². The van der Waals surface area contributed by atoms with Crippen molar-refractivity contribution >= 4 is 30.9 Å². The Bertz CT molecular complexity index is 223. The normalized spacial score (nSPS) is 9.33. The van der Waals surface area contributed by atoms with Crippen LogP contribution in [0.4, 0.5) is 5.69 Å². The van der Waals surface area contributed by atoms with E-state index in [0.717, 1.165) is 3.70 Å². The van der Waals surface area contributed by atoms with Crippen LogP contribution in [0.5, 0.6) is 0 Å². The Morgan fingerprint density at radius 1 is 1.67 bits per heavy atom. The molecule has 9 heavy (non-hydrogen) atoms. The summed E-state index contributed by atoms with van der Waals surface area (Å²) in [6.45, 7) is 0. The van der Waals surface area contributed by atoms with Crippen LogP contribution in [0, 0.1) is 3.70 Å². The average molecular weight is 235 g/mol. The lowest BCUT2D eigenvalue weighted by molar-refractivity contribution is 1.01. The average Bonchev–Trinajstić information content (AvgIpc) is 1.89. The third-order valence-electron chi connectivity index (χ3n) is 0.831. The number of hydrogen-bond donors (Lipinski definition) is 1. The molecule has 1 aromatic heterocycles. The van der Waals surface area contributed by atoms with Crippen LogP contribution < -0.4 is 5.73 Å². The number of rotatable bonds is 1. The van der Waals surface area contributed by atoms with Gasteiger partial charge in [-0.1, -0.05) is 25.2 Å². The van der Waals surface area contributed by atoms with Crippen LogP contribution in [-0.4, -0.2) is 14.7 Å². The molecule has 3 nitrogen and oxygen atoms in total. The largest absolute Gasteiger partial charge is 0.397 e. The molecule has 0 atom stereocenters. The maximum atomic E-state index is 5.52. The van der Waals surface area contributed by atoms with E-state index in [1.54, 1.807) is 12.3 Å². The zero-order valence-corrected chi connectivity index (χ0v) is 6.87. The molecule has 0 saturated heterocycles. The van der Waals surface area contributed by atoms with Gasteiger partial charge in [0.05, 0.1) is 11.9 Å². The summed E-state index contributed by atoms with van der Waals surface area (Å²) in [5.41, 5.74) is 6.23. The molecule has 0 unspecified atom stereocenters. The first-order chi connectivity index (χ1) is 4.34. The van der Waals surface area contributed by atoms with E-state index in [0.29, 0.717) is 5.69 Å². The van der Waals surface area contributed by atoms with Crippen LogP contribution in [-0.2, 0) is 0 Å². The molecule has 0 saturated carbocycles. The summed E-state index contributed by atoms with van der Waals surface area (Å²) >= 11 is -0.261. The van der Waals surface area contributed by atoms with Crippen molar-refractivity contribution in [3.05, 3.63) is 16.0 Å². The summed E-state index contributed by atoms with van der Waals surface area (Å²) in [6, 6.07) is 1.74. The predicted octanol–water partition coefficient (Wildman–Crippen LogP) is 0.631. The predicted molar refractivity (Wildman–Crippen MR) is 46.3 cm³/mol. The Balaban J connectivity index is 3.15. The fourth-order valence-electron chi connectivity index (χ4n) is 0.428. The van der Waals surface area contributed by atoms with Crippen molar-refractivity contribution in [2.75, 3.05) is 5.73 Å². The monoisotopic (exact) mass is 235 g/mol. The van der Waals surface area contributed by atoms with E-state index in [1.807, 2.05) is 0 Å². The molecule has 1 aromatic rings. The van der Waals surface area contributed by atoms with E-state index in [1.165, 1.54) is 0 Å². The van der Waals surface area contributed by atoms with Crippen LogP contribution in [0.2, 0.25) is 0 Å². The minimum atomic E-state index is -0.261. The second-order valence-corrected chi connectivity index (χ2v) is 3.20. The summed E-state index contributed by atoms with van der Waals surface area (Å²) in [5, 5.41) is 7.48. The Morgan fingerprint density at radius 3 is 2.89 bits per heavy atom. The second kappa shape index (κ2) is 2.86. The lowest BCUT2D eigenvalue weighted by atomic mass is 10.5. The van der Waals surface area contributed by atoms with E-state index < -0.39 is 0 Å². The lowest BCUT2D eigenvalue weighted by Gasteiger charge is -1.92. The van der Waals surface area contributed by atoms with Gasteiger partial charge in [-0.25, -0.2) is 0 Å². The van der Waals surface area contributed by atoms with Crippen molar-refractivity contribution in [3.8, 4) is 0 Å². The first-order valence-corrected chi connectivity index (χ1v) is 4.90. The molecule has 2 N–H and O–H groups in total. The zero-order chi connectivity index (χ0) is 6.69. The molecule has 0 aromatic carbocycles. The van der Waals surface area contributed by atoms with Gasteiger partial charge in [0.25, 0.3) is 0 Å². The zero-order valence-electron chi connectivity index (χ0n) is 4.71. The van der Waals surface area contributed by atoms with Gasteiger partial charge in [0.2, 0.25) is 0 Å². The molecule has 0 radical (unpaired) electrons.